The number of esters is 1. The molecule has 1 aliphatic heterocycles. The van der Waals surface area contributed by atoms with Crippen LogP contribution >= 0.6 is 0 Å². The molecule has 0 N–H and O–H groups in total. The monoisotopic (exact) mass is 266 g/mol. The van der Waals surface area contributed by atoms with Crippen LogP contribution < -0.4 is 5.46 Å². The van der Waals surface area contributed by atoms with Gasteiger partial charge in [-0.3, -0.25) is 0 Å². The van der Waals surface area contributed by atoms with E-state index >= 15 is 0 Å². The van der Waals surface area contributed by atoms with Gasteiger partial charge in [-0.15, -0.1) is 0 Å². The average Bonchev–Trinajstić information content (AvgIpc) is 2.61. The lowest BCUT2D eigenvalue weighted by Crippen LogP contribution is -2.41. The minimum atomic E-state index is -0.978. The van der Waals surface area contributed by atoms with Gasteiger partial charge >= 0.3 is 13.1 Å². The Labute approximate surface area is 117 Å². The van der Waals surface area contributed by atoms with Gasteiger partial charge in [-0.1, -0.05) is 6.04 Å². The highest BCUT2D eigenvalue weighted by atomic mass is 16.7. The normalized spacial score (nSPS) is 22.6. The van der Waals surface area contributed by atoms with E-state index in [-0.39, 0.29) is 23.4 Å². The van der Waals surface area contributed by atoms with Gasteiger partial charge in [0.25, 0.3) is 0 Å². The van der Waals surface area contributed by atoms with Crippen LogP contribution in [-0.2, 0) is 14.0 Å². The maximum Gasteiger partial charge on any atom is 0.496 e. The Hall–Kier alpha value is -1.40. The summed E-state index contributed by atoms with van der Waals surface area (Å²) in [6, 6.07) is -0.730. The van der Waals surface area contributed by atoms with Crippen molar-refractivity contribution in [2.75, 3.05) is 7.11 Å². The Morgan fingerprint density at radius 3 is 2.42 bits per heavy atom. The molecule has 2 heterocycles. The summed E-state index contributed by atoms with van der Waals surface area (Å²) in [5.41, 5.74) is -1.60. The number of aromatic nitrogens is 1. The molecule has 1 aliphatic rings. The van der Waals surface area contributed by atoms with Gasteiger partial charge in [-0.05, 0) is 33.7 Å². The van der Waals surface area contributed by atoms with E-state index in [4.69, 9.17) is 13.4 Å². The second kappa shape index (κ2) is 4.61. The Morgan fingerprint density at radius 2 is 1.89 bits per heavy atom. The molecular weight excluding hydrogens is 245 g/mol. The summed E-state index contributed by atoms with van der Waals surface area (Å²) in [6.07, 6.45) is -0.333. The van der Waals surface area contributed by atoms with Crippen LogP contribution in [0.4, 0.5) is 0 Å². The number of hydrogen-bond donors (Lipinski definition) is 0. The van der Waals surface area contributed by atoms with Crippen molar-refractivity contribution in [1.82, 2.24) is 4.98 Å². The van der Waals surface area contributed by atoms with Gasteiger partial charge in [0.2, 0.25) is 0 Å². The fourth-order valence-corrected chi connectivity index (χ4v) is 1.56. The van der Waals surface area contributed by atoms with Gasteiger partial charge in [0.15, 0.2) is 0 Å². The number of nitrogens with zero attached hydrogens (tertiary/aromatic N) is 1. The smallest absolute Gasteiger partial charge is 0.464 e. The summed E-state index contributed by atoms with van der Waals surface area (Å²) in [4.78, 5) is 15.3. The quantitative estimate of drug-likeness (QED) is 0.594. The van der Waals surface area contributed by atoms with Crippen LogP contribution in [0.5, 0.6) is 0 Å². The van der Waals surface area contributed by atoms with Crippen LogP contribution in [0.1, 0.15) is 42.3 Å². The number of methoxy groups -OCH3 is 1. The fraction of sp³-hybridized carbons (Fsp3) is 0.538. The molecule has 0 unspecified atom stereocenters. The van der Waals surface area contributed by atoms with Gasteiger partial charge in [-0.2, -0.15) is 0 Å². The molecule has 6 heteroatoms. The highest BCUT2D eigenvalue weighted by Gasteiger charge is 2.51. The second-order valence-electron chi connectivity index (χ2n) is 5.32. The van der Waals surface area contributed by atoms with Gasteiger partial charge in [0, 0.05) is 11.6 Å². The molecule has 2 rings (SSSR count). The SMILES string of the molecule is [2H]c1nc(C(=O)OC)c([2H])c([2H])c1B1OC(C)(C)C(C)(C)O1. The van der Waals surface area contributed by atoms with Crippen molar-refractivity contribution in [1.29, 1.82) is 0 Å². The molecule has 1 aromatic heterocycles. The van der Waals surface area contributed by atoms with Crippen molar-refractivity contribution in [3.05, 3.63) is 24.0 Å². The molecule has 0 spiro atoms. The number of carbonyl (C=O) groups is 1. The molecule has 1 saturated heterocycles. The van der Waals surface area contributed by atoms with Crippen molar-refractivity contribution >= 4 is 18.6 Å². The molecule has 0 bridgehead atoms. The predicted octanol–water partition coefficient (Wildman–Crippen LogP) is 1.17. The number of rotatable bonds is 2. The first kappa shape index (κ1) is 10.4. The van der Waals surface area contributed by atoms with Crippen molar-refractivity contribution in [2.24, 2.45) is 0 Å². The molecule has 0 atom stereocenters. The van der Waals surface area contributed by atoms with E-state index in [1.54, 1.807) is 0 Å². The first-order valence-corrected chi connectivity index (χ1v) is 5.93. The van der Waals surface area contributed by atoms with Crippen molar-refractivity contribution in [2.45, 2.75) is 38.9 Å². The predicted molar refractivity (Wildman–Crippen MR) is 71.3 cm³/mol. The van der Waals surface area contributed by atoms with Crippen LogP contribution in [0, 0.1) is 0 Å². The van der Waals surface area contributed by atoms with Gasteiger partial charge in [0.1, 0.15) is 5.69 Å². The van der Waals surface area contributed by atoms with Crippen LogP contribution in [0.15, 0.2) is 18.3 Å². The number of pyridine rings is 1. The van der Waals surface area contributed by atoms with E-state index in [9.17, 15) is 4.79 Å². The summed E-state index contributed by atoms with van der Waals surface area (Å²) < 4.78 is 40.0. The minimum Gasteiger partial charge on any atom is -0.464 e. The lowest BCUT2D eigenvalue weighted by atomic mass is 9.80. The van der Waals surface area contributed by atoms with Crippen molar-refractivity contribution in [3.8, 4) is 0 Å². The largest absolute Gasteiger partial charge is 0.496 e. The fourth-order valence-electron chi connectivity index (χ4n) is 1.56. The molecule has 1 aromatic rings. The zero-order valence-corrected chi connectivity index (χ0v) is 11.7. The van der Waals surface area contributed by atoms with E-state index in [0.717, 1.165) is 7.11 Å². The van der Waals surface area contributed by atoms with Gasteiger partial charge < -0.3 is 14.0 Å². The third-order valence-corrected chi connectivity index (χ3v) is 3.47. The third kappa shape index (κ3) is 2.50. The number of carbonyl (C=O) groups excluding carboxylic acids is 1. The third-order valence-electron chi connectivity index (χ3n) is 3.47. The lowest BCUT2D eigenvalue weighted by molar-refractivity contribution is 0.00578. The summed E-state index contributed by atoms with van der Waals surface area (Å²) in [5.74, 6) is -0.854. The lowest BCUT2D eigenvalue weighted by Gasteiger charge is -2.32. The molecular formula is C13H18BNO4. The summed E-state index contributed by atoms with van der Waals surface area (Å²) in [7, 11) is 0.173. The van der Waals surface area contributed by atoms with E-state index in [0.29, 0.717) is 0 Å². The Morgan fingerprint density at radius 1 is 1.32 bits per heavy atom. The van der Waals surface area contributed by atoms with Gasteiger partial charge in [0.05, 0.1) is 22.4 Å². The first-order chi connectivity index (χ1) is 10.0. The number of hydrogen-bond acceptors (Lipinski definition) is 5. The van der Waals surface area contributed by atoms with E-state index in [1.165, 1.54) is 0 Å². The summed E-state index contributed by atoms with van der Waals surface area (Å²) >= 11 is 0. The maximum absolute atomic E-state index is 11.5. The van der Waals surface area contributed by atoms with Crippen LogP contribution in [-0.4, -0.2) is 36.4 Å². The molecule has 19 heavy (non-hydrogen) atoms. The van der Waals surface area contributed by atoms with Crippen LogP contribution in [0.25, 0.3) is 0 Å². The van der Waals surface area contributed by atoms with E-state index in [1.807, 2.05) is 27.7 Å². The topological polar surface area (TPSA) is 57.7 Å². The highest BCUT2D eigenvalue weighted by Crippen LogP contribution is 2.36. The molecule has 102 valence electrons. The molecule has 5 nitrogen and oxygen atoms in total. The standard InChI is InChI=1S/C13H18BNO4/c1-12(2)13(3,4)19-14(18-12)9-6-7-10(15-8-9)11(16)17-5/h6-8H,1-5H3/i6D,7D,8D. The molecule has 0 saturated carbocycles. The zero-order valence-electron chi connectivity index (χ0n) is 14.7. The Bertz CT molecular complexity index is 620. The van der Waals surface area contributed by atoms with Crippen LogP contribution in [0.2, 0.25) is 0 Å². The van der Waals surface area contributed by atoms with Crippen molar-refractivity contribution in [3.63, 3.8) is 0 Å². The van der Waals surface area contributed by atoms with E-state index in [2.05, 4.69) is 9.72 Å². The highest BCUT2D eigenvalue weighted by molar-refractivity contribution is 6.62. The summed E-state index contributed by atoms with van der Waals surface area (Å²) in [6.45, 7) is 7.38. The minimum absolute atomic E-state index is 0.0382. The summed E-state index contributed by atoms with van der Waals surface area (Å²) in [5, 5.41) is 0. The second-order valence-corrected chi connectivity index (χ2v) is 5.32. The maximum atomic E-state index is 11.5. The molecule has 0 radical (unpaired) electrons. The molecule has 0 aromatic carbocycles. The molecule has 1 fully saturated rings. The van der Waals surface area contributed by atoms with Gasteiger partial charge in [-0.25, -0.2) is 9.78 Å². The molecule has 0 amide bonds. The average molecular weight is 266 g/mol. The number of ether oxygens (including phenoxy) is 1. The molecule has 0 aliphatic carbocycles. The van der Waals surface area contributed by atoms with E-state index < -0.39 is 30.3 Å². The Kier molecular flexibility index (Phi) is 2.53. The van der Waals surface area contributed by atoms with Crippen LogP contribution in [0.3, 0.4) is 0 Å². The Balaban J connectivity index is 2.51. The zero-order chi connectivity index (χ0) is 16.9. The van der Waals surface area contributed by atoms with Crippen molar-refractivity contribution < 1.29 is 23.0 Å². The first-order valence-electron chi connectivity index (χ1n) is 7.43.